The van der Waals surface area contributed by atoms with E-state index in [2.05, 4.69) is 140 Å². The number of fused-ring (bicyclic) bond motifs is 1. The summed E-state index contributed by atoms with van der Waals surface area (Å²) in [5.41, 5.74) is 8.40. The molecule has 0 spiro atoms. The van der Waals surface area contributed by atoms with E-state index < -0.39 is 0 Å². The van der Waals surface area contributed by atoms with Gasteiger partial charge in [0.15, 0.2) is 0 Å². The van der Waals surface area contributed by atoms with Gasteiger partial charge in [0.05, 0.1) is 7.11 Å². The van der Waals surface area contributed by atoms with Crippen molar-refractivity contribution in [2.75, 3.05) is 12.0 Å². The van der Waals surface area contributed by atoms with Crippen molar-refractivity contribution in [1.29, 1.82) is 0 Å². The third-order valence-corrected chi connectivity index (χ3v) is 8.14. The predicted molar refractivity (Wildman–Crippen MR) is 163 cm³/mol. The lowest BCUT2D eigenvalue weighted by Gasteiger charge is -2.26. The van der Waals surface area contributed by atoms with Crippen molar-refractivity contribution in [3.05, 3.63) is 132 Å². The number of rotatable bonds is 6. The second kappa shape index (κ2) is 10.2. The van der Waals surface area contributed by atoms with Crippen LogP contribution in [0.15, 0.2) is 121 Å². The molecule has 0 saturated carbocycles. The molecule has 2 nitrogen and oxygen atoms in total. The van der Waals surface area contributed by atoms with Crippen molar-refractivity contribution in [3.8, 4) is 26.6 Å². The fourth-order valence-corrected chi connectivity index (χ4v) is 5.96. The molecule has 1 aromatic heterocycles. The van der Waals surface area contributed by atoms with Crippen LogP contribution < -0.4 is 9.64 Å². The molecule has 0 aliphatic carbocycles. The molecule has 0 saturated heterocycles. The van der Waals surface area contributed by atoms with Crippen LogP contribution in [0.3, 0.4) is 0 Å². The van der Waals surface area contributed by atoms with Crippen molar-refractivity contribution in [3.63, 3.8) is 0 Å². The quantitative estimate of drug-likeness (QED) is 0.220. The van der Waals surface area contributed by atoms with Crippen molar-refractivity contribution in [2.24, 2.45) is 0 Å². The van der Waals surface area contributed by atoms with Crippen LogP contribution in [0.2, 0.25) is 0 Å². The summed E-state index contributed by atoms with van der Waals surface area (Å²) in [5, 5.41) is 2.35. The van der Waals surface area contributed by atoms with Gasteiger partial charge in [-0.05, 0) is 91.0 Å². The standard InChI is InChI=1S/C35H29NOS/c1-24-8-14-27(15-9-24)36(28-16-10-25(2)11-17-28)29-18-12-26(13-19-29)34-22-23-35(38-34)32-20-21-33(37-3)31-7-5-4-6-30(31)32/h4-23H,1-3H3. The summed E-state index contributed by atoms with van der Waals surface area (Å²) in [6.07, 6.45) is 0. The van der Waals surface area contributed by atoms with Crippen molar-refractivity contribution < 1.29 is 4.74 Å². The van der Waals surface area contributed by atoms with Gasteiger partial charge in [0.25, 0.3) is 0 Å². The SMILES string of the molecule is COc1ccc(-c2ccc(-c3ccc(N(c4ccc(C)cc4)c4ccc(C)cc4)cc3)s2)c2ccccc12. The third-order valence-electron chi connectivity index (χ3n) is 6.97. The summed E-state index contributed by atoms with van der Waals surface area (Å²) in [5.74, 6) is 0.906. The minimum atomic E-state index is 0.906. The number of methoxy groups -OCH3 is 1. The van der Waals surface area contributed by atoms with Gasteiger partial charge in [-0.15, -0.1) is 11.3 Å². The number of hydrogen-bond acceptors (Lipinski definition) is 3. The summed E-state index contributed by atoms with van der Waals surface area (Å²) < 4.78 is 5.60. The van der Waals surface area contributed by atoms with Crippen LogP contribution in [0, 0.1) is 13.8 Å². The summed E-state index contributed by atoms with van der Waals surface area (Å²) in [7, 11) is 1.73. The van der Waals surface area contributed by atoms with Gasteiger partial charge in [-0.1, -0.05) is 71.8 Å². The monoisotopic (exact) mass is 511 g/mol. The fraction of sp³-hybridized carbons (Fsp3) is 0.0857. The lowest BCUT2D eigenvalue weighted by Crippen LogP contribution is -2.09. The molecule has 0 unspecified atom stereocenters. The maximum absolute atomic E-state index is 5.60. The highest BCUT2D eigenvalue weighted by Crippen LogP contribution is 2.41. The highest BCUT2D eigenvalue weighted by atomic mass is 32.1. The highest BCUT2D eigenvalue weighted by Gasteiger charge is 2.14. The number of nitrogens with zero attached hydrogens (tertiary/aromatic N) is 1. The molecule has 0 radical (unpaired) electrons. The third kappa shape index (κ3) is 4.57. The van der Waals surface area contributed by atoms with Crippen molar-refractivity contribution in [1.82, 2.24) is 0 Å². The predicted octanol–water partition coefficient (Wildman–Crippen LogP) is 10.3. The average Bonchev–Trinajstić information content (AvgIpc) is 3.45. The Balaban J connectivity index is 1.35. The van der Waals surface area contributed by atoms with E-state index in [1.165, 1.54) is 37.4 Å². The molecule has 5 aromatic carbocycles. The lowest BCUT2D eigenvalue weighted by atomic mass is 10.0. The van der Waals surface area contributed by atoms with E-state index >= 15 is 0 Å². The second-order valence-electron chi connectivity index (χ2n) is 9.58. The minimum Gasteiger partial charge on any atom is -0.496 e. The van der Waals surface area contributed by atoms with Crippen LogP contribution in [0.25, 0.3) is 31.7 Å². The van der Waals surface area contributed by atoms with Crippen LogP contribution in [0.1, 0.15) is 11.1 Å². The number of hydrogen-bond donors (Lipinski definition) is 0. The smallest absolute Gasteiger partial charge is 0.126 e. The Hall–Kier alpha value is -4.34. The first kappa shape index (κ1) is 24.0. The summed E-state index contributed by atoms with van der Waals surface area (Å²) in [6.45, 7) is 4.25. The Morgan fingerprint density at radius 2 is 1.05 bits per heavy atom. The van der Waals surface area contributed by atoms with Crippen LogP contribution in [0.4, 0.5) is 17.1 Å². The molecule has 186 valence electrons. The van der Waals surface area contributed by atoms with Crippen LogP contribution >= 0.6 is 11.3 Å². The van der Waals surface area contributed by atoms with Gasteiger partial charge in [0.1, 0.15) is 5.75 Å². The average molecular weight is 512 g/mol. The normalized spacial score (nSPS) is 11.0. The van der Waals surface area contributed by atoms with E-state index in [4.69, 9.17) is 4.74 Å². The van der Waals surface area contributed by atoms with Gasteiger partial charge in [-0.3, -0.25) is 0 Å². The van der Waals surface area contributed by atoms with Gasteiger partial charge < -0.3 is 9.64 Å². The van der Waals surface area contributed by atoms with E-state index in [9.17, 15) is 0 Å². The molecule has 38 heavy (non-hydrogen) atoms. The molecule has 0 atom stereocenters. The van der Waals surface area contributed by atoms with Gasteiger partial charge >= 0.3 is 0 Å². The Morgan fingerprint density at radius 3 is 1.63 bits per heavy atom. The van der Waals surface area contributed by atoms with Crippen LogP contribution in [-0.4, -0.2) is 7.11 Å². The van der Waals surface area contributed by atoms with Gasteiger partial charge in [0, 0.05) is 32.2 Å². The lowest BCUT2D eigenvalue weighted by molar-refractivity contribution is 0.420. The molecule has 6 aromatic rings. The molecule has 0 N–H and O–H groups in total. The number of aryl methyl sites for hydroxylation is 2. The van der Waals surface area contributed by atoms with Crippen LogP contribution in [-0.2, 0) is 0 Å². The zero-order chi connectivity index (χ0) is 26.1. The van der Waals surface area contributed by atoms with E-state index in [0.717, 1.165) is 28.2 Å². The number of benzene rings is 5. The van der Waals surface area contributed by atoms with E-state index in [1.807, 2.05) is 11.3 Å². The van der Waals surface area contributed by atoms with Gasteiger partial charge in [0.2, 0.25) is 0 Å². The fourth-order valence-electron chi connectivity index (χ4n) is 4.91. The van der Waals surface area contributed by atoms with E-state index in [0.29, 0.717) is 0 Å². The van der Waals surface area contributed by atoms with Crippen molar-refractivity contribution >= 4 is 39.2 Å². The van der Waals surface area contributed by atoms with Crippen LogP contribution in [0.5, 0.6) is 5.75 Å². The van der Waals surface area contributed by atoms with Gasteiger partial charge in [-0.2, -0.15) is 0 Å². The largest absolute Gasteiger partial charge is 0.496 e. The van der Waals surface area contributed by atoms with Crippen molar-refractivity contribution in [2.45, 2.75) is 13.8 Å². The van der Waals surface area contributed by atoms with E-state index in [1.54, 1.807) is 7.11 Å². The number of thiophene rings is 1. The maximum Gasteiger partial charge on any atom is 0.126 e. The first-order valence-corrected chi connectivity index (χ1v) is 13.6. The number of ether oxygens (including phenoxy) is 1. The molecule has 1 heterocycles. The molecule has 6 rings (SSSR count). The molecule has 0 bridgehead atoms. The molecule has 0 aliphatic rings. The molecule has 0 fully saturated rings. The first-order valence-electron chi connectivity index (χ1n) is 12.8. The summed E-state index contributed by atoms with van der Waals surface area (Å²) in [4.78, 5) is 4.82. The Bertz CT molecular complexity index is 1650. The zero-order valence-electron chi connectivity index (χ0n) is 21.8. The summed E-state index contributed by atoms with van der Waals surface area (Å²) >= 11 is 1.82. The highest BCUT2D eigenvalue weighted by molar-refractivity contribution is 7.18. The molecule has 0 aliphatic heterocycles. The molecular weight excluding hydrogens is 482 g/mol. The first-order chi connectivity index (χ1) is 18.6. The molecular formula is C35H29NOS. The summed E-state index contributed by atoms with van der Waals surface area (Å²) in [6, 6.07) is 43.5. The number of anilines is 3. The topological polar surface area (TPSA) is 12.5 Å². The Labute approximate surface area is 228 Å². The molecule has 3 heteroatoms. The van der Waals surface area contributed by atoms with Gasteiger partial charge in [-0.25, -0.2) is 0 Å². The zero-order valence-corrected chi connectivity index (χ0v) is 22.6. The Kier molecular flexibility index (Phi) is 6.45. The Morgan fingerprint density at radius 1 is 0.526 bits per heavy atom. The minimum absolute atomic E-state index is 0.906. The maximum atomic E-state index is 5.60. The second-order valence-corrected chi connectivity index (χ2v) is 10.7. The van der Waals surface area contributed by atoms with E-state index in [-0.39, 0.29) is 0 Å². The molecule has 0 amide bonds.